The first-order valence-corrected chi connectivity index (χ1v) is 0. The molecule has 5 heavy (non-hydrogen) atoms. The minimum atomic E-state index is 0. The normalized spacial score (nSPS) is 0. The van der Waals surface area contributed by atoms with E-state index in [4.69, 9.17) is 0 Å². The molecule has 0 aliphatic rings. The first-order valence-electron chi connectivity index (χ1n) is 0. The molecule has 0 aliphatic heterocycles. The third-order valence-corrected chi connectivity index (χ3v) is 0. The van der Waals surface area contributed by atoms with E-state index < -0.39 is 0 Å². The Hall–Kier alpha value is 0.740. The molecule has 1 heteroatoms. The third-order valence-electron chi connectivity index (χ3n) is 0. The molecule has 0 bridgehead atoms. The summed E-state index contributed by atoms with van der Waals surface area (Å²) in [4.78, 5) is 0. The Morgan fingerprint density at radius 3 is 0.400 bits per heavy atom. The zero-order valence-electron chi connectivity index (χ0n) is 4.30. The third kappa shape index (κ3) is 65.0. The van der Waals surface area contributed by atoms with Crippen molar-refractivity contribution in [3.05, 3.63) is 29.7 Å². The van der Waals surface area contributed by atoms with Crippen molar-refractivity contribution in [3.8, 4) is 0 Å². The maximum atomic E-state index is 0. The first-order chi connectivity index (χ1) is 0. The van der Waals surface area contributed by atoms with Crippen LogP contribution in [0.2, 0.25) is 0 Å². The minimum Gasteiger partial charge on any atom is -0.358 e. The van der Waals surface area contributed by atoms with Crippen molar-refractivity contribution in [1.29, 1.82) is 0 Å². The predicted octanol–water partition coefficient (Wildman–Crippen LogP) is 1.80. The molecule has 0 amide bonds. The fraction of sp³-hybridized carbons (Fsp3) is 0. The molecule has 0 spiro atoms. The zero-order chi connectivity index (χ0) is 0. The van der Waals surface area contributed by atoms with Crippen LogP contribution in [0.1, 0.15) is 0 Å². The molecule has 0 unspecified atom stereocenters. The zero-order valence-corrected chi connectivity index (χ0v) is 6.47. The van der Waals surface area contributed by atoms with E-state index in [1.54, 1.807) is 0 Å². The van der Waals surface area contributed by atoms with Gasteiger partial charge in [-0.25, -0.2) is 0 Å². The number of rotatable bonds is 0. The molecule has 0 saturated heterocycles. The summed E-state index contributed by atoms with van der Waals surface area (Å²) >= 11 is 0. The smallest absolute Gasteiger partial charge is 0 e. The van der Waals surface area contributed by atoms with Gasteiger partial charge in [0.05, 0.1) is 0 Å². The molecule has 0 rings (SSSR count). The molecular weight excluding hydrogens is 245 g/mol. The van der Waals surface area contributed by atoms with Gasteiger partial charge < -0.3 is 29.7 Å². The van der Waals surface area contributed by atoms with Gasteiger partial charge in [0.2, 0.25) is 0 Å². The summed E-state index contributed by atoms with van der Waals surface area (Å²) in [6, 6.07) is 0. The van der Waals surface area contributed by atoms with E-state index in [9.17, 15) is 0 Å². The molecule has 0 aromatic rings. The Morgan fingerprint density at radius 2 is 0.400 bits per heavy atom. The molecule has 1 radical (unpaired) electrons. The van der Waals surface area contributed by atoms with Gasteiger partial charge in [0.1, 0.15) is 0 Å². The molecule has 0 aromatic heterocycles. The van der Waals surface area contributed by atoms with Crippen LogP contribution in [0.3, 0.4) is 0 Å². The van der Waals surface area contributed by atoms with E-state index in [-0.39, 0.29) is 52.1 Å². The molecular formula is C4H12Au-4. The summed E-state index contributed by atoms with van der Waals surface area (Å²) in [5.41, 5.74) is 0. The summed E-state index contributed by atoms with van der Waals surface area (Å²) in [6.45, 7) is 0. The van der Waals surface area contributed by atoms with Gasteiger partial charge in [-0.2, -0.15) is 0 Å². The van der Waals surface area contributed by atoms with Crippen molar-refractivity contribution in [2.45, 2.75) is 0 Å². The van der Waals surface area contributed by atoms with Crippen molar-refractivity contribution >= 4 is 0 Å². The Labute approximate surface area is 52.5 Å². The summed E-state index contributed by atoms with van der Waals surface area (Å²) < 4.78 is 0. The van der Waals surface area contributed by atoms with Gasteiger partial charge in [0.15, 0.2) is 0 Å². The van der Waals surface area contributed by atoms with Gasteiger partial charge in [-0.1, -0.05) is 0 Å². The summed E-state index contributed by atoms with van der Waals surface area (Å²) in [5, 5.41) is 0. The van der Waals surface area contributed by atoms with Crippen molar-refractivity contribution in [2.75, 3.05) is 0 Å². The van der Waals surface area contributed by atoms with Crippen LogP contribution in [0.5, 0.6) is 0 Å². The Morgan fingerprint density at radius 1 is 0.400 bits per heavy atom. The molecule has 0 aromatic carbocycles. The fourth-order valence-electron chi connectivity index (χ4n) is 0. The van der Waals surface area contributed by atoms with Gasteiger partial charge in [0.25, 0.3) is 0 Å². The molecule has 0 heterocycles. The van der Waals surface area contributed by atoms with Gasteiger partial charge >= 0.3 is 0 Å². The van der Waals surface area contributed by atoms with Crippen LogP contribution in [-0.2, 0) is 22.4 Å². The van der Waals surface area contributed by atoms with Crippen LogP contribution >= 0.6 is 0 Å². The molecule has 0 fully saturated rings. The van der Waals surface area contributed by atoms with Gasteiger partial charge in [-0.05, 0) is 0 Å². The van der Waals surface area contributed by atoms with Crippen molar-refractivity contribution in [1.82, 2.24) is 0 Å². The van der Waals surface area contributed by atoms with Gasteiger partial charge in [0, 0.05) is 22.4 Å². The quantitative estimate of drug-likeness (QED) is 0.458. The molecule has 43 valence electrons. The molecule has 0 saturated carbocycles. The van der Waals surface area contributed by atoms with Crippen molar-refractivity contribution in [2.24, 2.45) is 0 Å². The first kappa shape index (κ1) is 235. The number of hydrogen-bond acceptors (Lipinski definition) is 0. The van der Waals surface area contributed by atoms with Crippen molar-refractivity contribution in [3.63, 3.8) is 0 Å². The molecule has 0 N–H and O–H groups in total. The van der Waals surface area contributed by atoms with Crippen molar-refractivity contribution < 1.29 is 22.4 Å². The Kier molecular flexibility index (Phi) is 5700. The van der Waals surface area contributed by atoms with Crippen LogP contribution < -0.4 is 0 Å². The van der Waals surface area contributed by atoms with Crippen LogP contribution in [-0.4, -0.2) is 0 Å². The van der Waals surface area contributed by atoms with Crippen LogP contribution in [0.25, 0.3) is 0 Å². The summed E-state index contributed by atoms with van der Waals surface area (Å²) in [5.74, 6) is 0. The average Bonchev–Trinajstić information content (AvgIpc) is 0. The standard InChI is InChI=1S/4CH3.Au/h4*1H3;/q4*-1;. The molecule has 0 atom stereocenters. The molecule has 0 aliphatic carbocycles. The SMILES string of the molecule is [Au].[CH3-].[CH3-].[CH3-].[CH3-]. The fourth-order valence-corrected chi connectivity index (χ4v) is 0. The predicted molar refractivity (Wildman–Crippen MR) is 25.7 cm³/mol. The Bertz CT molecular complexity index is 3.61. The van der Waals surface area contributed by atoms with Crippen LogP contribution in [0.15, 0.2) is 0 Å². The van der Waals surface area contributed by atoms with E-state index in [1.807, 2.05) is 0 Å². The van der Waals surface area contributed by atoms with Gasteiger partial charge in [-0.15, -0.1) is 0 Å². The molecule has 0 nitrogen and oxygen atoms in total. The second kappa shape index (κ2) is 121. The second-order valence-electron chi connectivity index (χ2n) is 0. The van der Waals surface area contributed by atoms with Gasteiger partial charge in [-0.3, -0.25) is 0 Å². The monoisotopic (exact) mass is 257 g/mol. The maximum absolute atomic E-state index is 0. The van der Waals surface area contributed by atoms with E-state index >= 15 is 0 Å². The van der Waals surface area contributed by atoms with E-state index in [0.29, 0.717) is 0 Å². The maximum Gasteiger partial charge on any atom is 0 e. The number of hydrogen-bond donors (Lipinski definition) is 0. The second-order valence-corrected chi connectivity index (χ2v) is 0. The van der Waals surface area contributed by atoms with E-state index in [2.05, 4.69) is 0 Å². The van der Waals surface area contributed by atoms with Crippen LogP contribution in [0.4, 0.5) is 0 Å². The average molecular weight is 257 g/mol. The Balaban J connectivity index is 0. The van der Waals surface area contributed by atoms with Crippen LogP contribution in [0, 0.1) is 29.7 Å². The largest absolute Gasteiger partial charge is 0.358 e. The summed E-state index contributed by atoms with van der Waals surface area (Å²) in [7, 11) is 0. The minimum absolute atomic E-state index is 0. The summed E-state index contributed by atoms with van der Waals surface area (Å²) in [6.07, 6.45) is 0. The topological polar surface area (TPSA) is 0 Å². The van der Waals surface area contributed by atoms with E-state index in [1.165, 1.54) is 0 Å². The van der Waals surface area contributed by atoms with E-state index in [0.717, 1.165) is 0 Å².